The van der Waals surface area contributed by atoms with Crippen LogP contribution in [-0.2, 0) is 20.9 Å². The van der Waals surface area contributed by atoms with Gasteiger partial charge in [0.05, 0.1) is 6.10 Å². The Labute approximate surface area is 139 Å². The van der Waals surface area contributed by atoms with Crippen molar-refractivity contribution in [3.8, 4) is 11.5 Å². The van der Waals surface area contributed by atoms with Crippen LogP contribution < -0.4 is 0 Å². The molecular weight excluding hydrogens is 312 g/mol. The van der Waals surface area contributed by atoms with E-state index in [1.54, 1.807) is 29.4 Å². The molecule has 1 fully saturated rings. The molecule has 8 heteroatoms. The van der Waals surface area contributed by atoms with E-state index in [1.165, 1.54) is 7.11 Å². The van der Waals surface area contributed by atoms with Crippen molar-refractivity contribution in [3.05, 3.63) is 30.4 Å². The number of nitrogens with zero attached hydrogens (tertiary/aromatic N) is 4. The predicted molar refractivity (Wildman–Crippen MR) is 83.8 cm³/mol. The molecule has 1 amide bonds. The van der Waals surface area contributed by atoms with Crippen LogP contribution in [0, 0.1) is 0 Å². The number of likely N-dealkylation sites (tertiary alicyclic amines) is 1. The molecule has 1 aliphatic heterocycles. The summed E-state index contributed by atoms with van der Waals surface area (Å²) in [6.45, 7) is 1.67. The zero-order valence-electron chi connectivity index (χ0n) is 13.6. The van der Waals surface area contributed by atoms with Crippen LogP contribution in [-0.4, -0.2) is 58.8 Å². The lowest BCUT2D eigenvalue weighted by Gasteiger charge is -2.32. The van der Waals surface area contributed by atoms with Crippen LogP contribution in [0.25, 0.3) is 11.5 Å². The number of pyridine rings is 1. The second kappa shape index (κ2) is 7.98. The second-order valence-corrected chi connectivity index (χ2v) is 5.60. The largest absolute Gasteiger partial charge is 0.375 e. The van der Waals surface area contributed by atoms with Crippen molar-refractivity contribution in [2.24, 2.45) is 0 Å². The van der Waals surface area contributed by atoms with Gasteiger partial charge in [-0.1, -0.05) is 5.16 Å². The Hall–Kier alpha value is -2.32. The van der Waals surface area contributed by atoms with Crippen LogP contribution in [0.4, 0.5) is 0 Å². The van der Waals surface area contributed by atoms with Crippen molar-refractivity contribution in [1.82, 2.24) is 20.0 Å². The predicted octanol–water partition coefficient (Wildman–Crippen LogP) is 1.29. The first-order valence-corrected chi connectivity index (χ1v) is 7.87. The van der Waals surface area contributed by atoms with Crippen molar-refractivity contribution in [3.63, 3.8) is 0 Å². The molecule has 1 aliphatic rings. The molecule has 1 saturated heterocycles. The Morgan fingerprint density at radius 1 is 1.42 bits per heavy atom. The topological polar surface area (TPSA) is 90.6 Å². The first-order valence-electron chi connectivity index (χ1n) is 7.87. The number of aromatic nitrogens is 3. The number of amides is 1. The number of piperidine rings is 1. The molecule has 1 unspecified atom stereocenters. The van der Waals surface area contributed by atoms with Gasteiger partial charge in [-0.2, -0.15) is 4.98 Å². The molecule has 8 nitrogen and oxygen atoms in total. The highest BCUT2D eigenvalue weighted by molar-refractivity contribution is 5.77. The quantitative estimate of drug-likeness (QED) is 0.787. The minimum Gasteiger partial charge on any atom is -0.375 e. The van der Waals surface area contributed by atoms with Gasteiger partial charge in [-0.3, -0.25) is 9.78 Å². The third-order valence-electron chi connectivity index (χ3n) is 3.84. The van der Waals surface area contributed by atoms with Gasteiger partial charge in [0.1, 0.15) is 13.2 Å². The van der Waals surface area contributed by atoms with Crippen molar-refractivity contribution in [1.29, 1.82) is 0 Å². The number of hydrogen-bond acceptors (Lipinski definition) is 7. The summed E-state index contributed by atoms with van der Waals surface area (Å²) in [4.78, 5) is 21.9. The molecular formula is C16H20N4O4. The number of carbonyl (C=O) groups excluding carboxylic acids is 1. The Balaban J connectivity index is 1.52. The summed E-state index contributed by atoms with van der Waals surface area (Å²) < 4.78 is 16.0. The van der Waals surface area contributed by atoms with Gasteiger partial charge in [0.2, 0.25) is 5.91 Å². The van der Waals surface area contributed by atoms with E-state index in [2.05, 4.69) is 15.1 Å². The molecule has 0 N–H and O–H groups in total. The molecule has 128 valence electrons. The summed E-state index contributed by atoms with van der Waals surface area (Å²) in [7, 11) is 1.52. The summed E-state index contributed by atoms with van der Waals surface area (Å²) in [5.41, 5.74) is 0.817. The van der Waals surface area contributed by atoms with E-state index >= 15 is 0 Å². The van der Waals surface area contributed by atoms with E-state index < -0.39 is 0 Å². The van der Waals surface area contributed by atoms with Crippen molar-refractivity contribution in [2.75, 3.05) is 26.8 Å². The lowest BCUT2D eigenvalue weighted by Crippen LogP contribution is -2.44. The number of rotatable bonds is 6. The Morgan fingerprint density at radius 2 is 2.25 bits per heavy atom. The molecule has 2 aromatic heterocycles. The molecule has 0 spiro atoms. The zero-order valence-corrected chi connectivity index (χ0v) is 13.6. The monoisotopic (exact) mass is 332 g/mol. The smallest absolute Gasteiger partial charge is 0.258 e. The average molecular weight is 332 g/mol. The zero-order chi connectivity index (χ0) is 16.8. The van der Waals surface area contributed by atoms with Crippen LogP contribution in [0.1, 0.15) is 18.7 Å². The number of carbonyl (C=O) groups is 1. The van der Waals surface area contributed by atoms with E-state index in [1.807, 2.05) is 0 Å². The highest BCUT2D eigenvalue weighted by Gasteiger charge is 2.24. The van der Waals surface area contributed by atoms with Gasteiger partial charge >= 0.3 is 0 Å². The van der Waals surface area contributed by atoms with Gasteiger partial charge in [-0.25, -0.2) is 0 Å². The number of ether oxygens (including phenoxy) is 2. The number of methoxy groups -OCH3 is 1. The summed E-state index contributed by atoms with van der Waals surface area (Å²) in [6, 6.07) is 3.61. The van der Waals surface area contributed by atoms with Crippen LogP contribution in [0.3, 0.4) is 0 Å². The lowest BCUT2D eigenvalue weighted by molar-refractivity contribution is -0.139. The average Bonchev–Trinajstić information content (AvgIpc) is 3.10. The Kier molecular flexibility index (Phi) is 5.50. The lowest BCUT2D eigenvalue weighted by atomic mass is 10.1. The van der Waals surface area contributed by atoms with Gasteiger partial charge in [0.25, 0.3) is 5.89 Å². The van der Waals surface area contributed by atoms with E-state index in [0.717, 1.165) is 24.9 Å². The van der Waals surface area contributed by atoms with Crippen LogP contribution in [0.2, 0.25) is 0 Å². The molecule has 24 heavy (non-hydrogen) atoms. The Bertz CT molecular complexity index is 661. The molecule has 0 aromatic carbocycles. The fraction of sp³-hybridized carbons (Fsp3) is 0.500. The fourth-order valence-corrected chi connectivity index (χ4v) is 2.63. The third-order valence-corrected chi connectivity index (χ3v) is 3.84. The van der Waals surface area contributed by atoms with Crippen LogP contribution in [0.5, 0.6) is 0 Å². The van der Waals surface area contributed by atoms with E-state index in [0.29, 0.717) is 18.3 Å². The fourth-order valence-electron chi connectivity index (χ4n) is 2.63. The Morgan fingerprint density at radius 3 is 3.04 bits per heavy atom. The van der Waals surface area contributed by atoms with Gasteiger partial charge in [0.15, 0.2) is 5.82 Å². The molecule has 0 saturated carbocycles. The summed E-state index contributed by atoms with van der Waals surface area (Å²) >= 11 is 0. The van der Waals surface area contributed by atoms with E-state index in [4.69, 9.17) is 14.0 Å². The SMILES string of the molecule is COCC(=O)N1CCCC(OCc2noc(-c3ccncc3)n2)C1. The summed E-state index contributed by atoms with van der Waals surface area (Å²) in [5, 5.41) is 3.93. The van der Waals surface area contributed by atoms with Gasteiger partial charge in [0, 0.05) is 38.2 Å². The minimum absolute atomic E-state index is 0.00895. The molecule has 0 bridgehead atoms. The molecule has 1 atom stereocenters. The van der Waals surface area contributed by atoms with E-state index in [-0.39, 0.29) is 25.2 Å². The molecule has 0 radical (unpaired) electrons. The molecule has 3 rings (SSSR count). The number of hydrogen-bond donors (Lipinski definition) is 0. The van der Waals surface area contributed by atoms with Crippen molar-refractivity contribution in [2.45, 2.75) is 25.6 Å². The summed E-state index contributed by atoms with van der Waals surface area (Å²) in [5.74, 6) is 0.920. The first-order chi connectivity index (χ1) is 11.8. The maximum atomic E-state index is 11.9. The summed E-state index contributed by atoms with van der Waals surface area (Å²) in [6.07, 6.45) is 5.13. The third kappa shape index (κ3) is 4.15. The highest BCUT2D eigenvalue weighted by atomic mass is 16.5. The standard InChI is InChI=1S/C16H20N4O4/c1-22-11-15(21)20-8-2-3-13(9-20)23-10-14-18-16(24-19-14)12-4-6-17-7-5-12/h4-7,13H,2-3,8-11H2,1H3. The molecule has 2 aromatic rings. The maximum absolute atomic E-state index is 11.9. The van der Waals surface area contributed by atoms with Gasteiger partial charge in [-0.05, 0) is 25.0 Å². The van der Waals surface area contributed by atoms with Crippen LogP contribution in [0.15, 0.2) is 29.0 Å². The minimum atomic E-state index is -0.0255. The normalized spacial score (nSPS) is 17.9. The van der Waals surface area contributed by atoms with Gasteiger partial charge in [-0.15, -0.1) is 0 Å². The maximum Gasteiger partial charge on any atom is 0.258 e. The van der Waals surface area contributed by atoms with Gasteiger partial charge < -0.3 is 18.9 Å². The molecule has 3 heterocycles. The van der Waals surface area contributed by atoms with Crippen molar-refractivity contribution >= 4 is 5.91 Å². The first kappa shape index (κ1) is 16.5. The van der Waals surface area contributed by atoms with Crippen molar-refractivity contribution < 1.29 is 18.8 Å². The highest BCUT2D eigenvalue weighted by Crippen LogP contribution is 2.18. The van der Waals surface area contributed by atoms with Crippen LogP contribution >= 0.6 is 0 Å². The second-order valence-electron chi connectivity index (χ2n) is 5.60. The van der Waals surface area contributed by atoms with E-state index in [9.17, 15) is 4.79 Å². The molecule has 0 aliphatic carbocycles.